The van der Waals surface area contributed by atoms with Crippen molar-refractivity contribution in [2.45, 2.75) is 32.0 Å². The second-order valence-electron chi connectivity index (χ2n) is 5.15. The third-order valence-corrected chi connectivity index (χ3v) is 5.32. The van der Waals surface area contributed by atoms with Crippen molar-refractivity contribution in [2.75, 3.05) is 0 Å². The standard InChI is InChI=1S/C16H19BrS/c1-11(2)10-13-5-7-14(8-6-13)16(17)15-9-4-12(3)18-15/h4-9,11,16H,10H2,1-3H3. The first-order valence-electron chi connectivity index (χ1n) is 6.35. The molecule has 1 atom stereocenters. The van der Waals surface area contributed by atoms with Crippen LogP contribution in [0, 0.1) is 12.8 Å². The first-order valence-corrected chi connectivity index (χ1v) is 8.08. The van der Waals surface area contributed by atoms with Crippen molar-refractivity contribution in [3.8, 4) is 0 Å². The van der Waals surface area contributed by atoms with Gasteiger partial charge in [-0.3, -0.25) is 0 Å². The molecule has 0 nitrogen and oxygen atoms in total. The predicted molar refractivity (Wildman–Crippen MR) is 84.8 cm³/mol. The Kier molecular flexibility index (Phi) is 4.63. The Morgan fingerprint density at radius 3 is 2.22 bits per heavy atom. The van der Waals surface area contributed by atoms with E-state index >= 15 is 0 Å². The number of alkyl halides is 1. The minimum atomic E-state index is 0.323. The minimum absolute atomic E-state index is 0.323. The van der Waals surface area contributed by atoms with Crippen LogP contribution >= 0.6 is 27.3 Å². The van der Waals surface area contributed by atoms with Crippen LogP contribution in [0.1, 0.15) is 39.6 Å². The van der Waals surface area contributed by atoms with Gasteiger partial charge >= 0.3 is 0 Å². The Morgan fingerprint density at radius 2 is 1.72 bits per heavy atom. The third kappa shape index (κ3) is 3.46. The number of aryl methyl sites for hydroxylation is 1. The second kappa shape index (κ2) is 6.03. The van der Waals surface area contributed by atoms with E-state index < -0.39 is 0 Å². The molecule has 1 heterocycles. The van der Waals surface area contributed by atoms with Crippen molar-refractivity contribution in [1.29, 1.82) is 0 Å². The highest BCUT2D eigenvalue weighted by molar-refractivity contribution is 9.09. The van der Waals surface area contributed by atoms with Crippen LogP contribution < -0.4 is 0 Å². The third-order valence-electron chi connectivity index (χ3n) is 2.93. The van der Waals surface area contributed by atoms with Gasteiger partial charge in [-0.15, -0.1) is 11.3 Å². The lowest BCUT2D eigenvalue weighted by Crippen LogP contribution is -1.95. The summed E-state index contributed by atoms with van der Waals surface area (Å²) >= 11 is 5.65. The zero-order valence-electron chi connectivity index (χ0n) is 11.1. The van der Waals surface area contributed by atoms with Crippen LogP contribution in [0.2, 0.25) is 0 Å². The summed E-state index contributed by atoms with van der Waals surface area (Å²) in [6.45, 7) is 6.67. The molecular weight excluding hydrogens is 304 g/mol. The van der Waals surface area contributed by atoms with E-state index in [2.05, 4.69) is 73.1 Å². The highest BCUT2D eigenvalue weighted by Crippen LogP contribution is 2.35. The molecule has 2 aromatic rings. The molecule has 0 radical (unpaired) electrons. The maximum atomic E-state index is 3.79. The molecule has 1 aromatic heterocycles. The number of rotatable bonds is 4. The van der Waals surface area contributed by atoms with Crippen LogP contribution in [0.25, 0.3) is 0 Å². The van der Waals surface area contributed by atoms with Gasteiger partial charge in [0.2, 0.25) is 0 Å². The first kappa shape index (κ1) is 13.8. The van der Waals surface area contributed by atoms with Gasteiger partial charge in [0.15, 0.2) is 0 Å². The second-order valence-corrected chi connectivity index (χ2v) is 7.39. The quantitative estimate of drug-likeness (QED) is 0.629. The van der Waals surface area contributed by atoms with Crippen molar-refractivity contribution in [1.82, 2.24) is 0 Å². The first-order chi connectivity index (χ1) is 8.56. The molecular formula is C16H19BrS. The Bertz CT molecular complexity index is 496. The zero-order chi connectivity index (χ0) is 13.1. The van der Waals surface area contributed by atoms with E-state index in [1.807, 2.05) is 11.3 Å². The largest absolute Gasteiger partial charge is 0.144 e. The van der Waals surface area contributed by atoms with Gasteiger partial charge in [0.1, 0.15) is 0 Å². The average Bonchev–Trinajstić information content (AvgIpc) is 2.75. The van der Waals surface area contributed by atoms with Crippen LogP contribution in [0.5, 0.6) is 0 Å². The molecule has 1 unspecified atom stereocenters. The summed E-state index contributed by atoms with van der Waals surface area (Å²) in [6, 6.07) is 13.4. The fraction of sp³-hybridized carbons (Fsp3) is 0.375. The minimum Gasteiger partial charge on any atom is -0.144 e. The van der Waals surface area contributed by atoms with E-state index in [1.165, 1.54) is 20.9 Å². The van der Waals surface area contributed by atoms with Crippen molar-refractivity contribution < 1.29 is 0 Å². The molecule has 0 fully saturated rings. The van der Waals surface area contributed by atoms with Gasteiger partial charge in [0.25, 0.3) is 0 Å². The van der Waals surface area contributed by atoms with Crippen LogP contribution in [0.15, 0.2) is 36.4 Å². The monoisotopic (exact) mass is 322 g/mol. The van der Waals surface area contributed by atoms with Gasteiger partial charge in [0.05, 0.1) is 4.83 Å². The summed E-state index contributed by atoms with van der Waals surface area (Å²) in [5.41, 5.74) is 2.76. The fourth-order valence-electron chi connectivity index (χ4n) is 2.05. The molecule has 0 aliphatic carbocycles. The van der Waals surface area contributed by atoms with Gasteiger partial charge < -0.3 is 0 Å². The van der Waals surface area contributed by atoms with E-state index in [1.54, 1.807) is 0 Å². The number of hydrogen-bond donors (Lipinski definition) is 0. The van der Waals surface area contributed by atoms with Gasteiger partial charge in [0, 0.05) is 9.75 Å². The van der Waals surface area contributed by atoms with Crippen molar-refractivity contribution in [2.24, 2.45) is 5.92 Å². The fourth-order valence-corrected chi connectivity index (χ4v) is 3.67. The number of halogens is 1. The van der Waals surface area contributed by atoms with E-state index in [0.29, 0.717) is 4.83 Å². The highest BCUT2D eigenvalue weighted by atomic mass is 79.9. The van der Waals surface area contributed by atoms with Crippen molar-refractivity contribution in [3.63, 3.8) is 0 Å². The predicted octanol–water partition coefficient (Wildman–Crippen LogP) is 5.74. The summed E-state index contributed by atoms with van der Waals surface area (Å²) in [5, 5.41) is 0. The Morgan fingerprint density at radius 1 is 1.06 bits per heavy atom. The molecule has 0 saturated carbocycles. The molecule has 18 heavy (non-hydrogen) atoms. The van der Waals surface area contributed by atoms with E-state index in [-0.39, 0.29) is 0 Å². The lowest BCUT2D eigenvalue weighted by molar-refractivity contribution is 0.647. The molecule has 0 bridgehead atoms. The van der Waals surface area contributed by atoms with E-state index in [9.17, 15) is 0 Å². The number of hydrogen-bond acceptors (Lipinski definition) is 1. The molecule has 0 aliphatic rings. The highest BCUT2D eigenvalue weighted by Gasteiger charge is 2.12. The van der Waals surface area contributed by atoms with Crippen molar-refractivity contribution in [3.05, 3.63) is 57.3 Å². The van der Waals surface area contributed by atoms with Gasteiger partial charge in [-0.1, -0.05) is 54.0 Å². The summed E-state index contributed by atoms with van der Waals surface area (Å²) in [4.78, 5) is 3.07. The van der Waals surface area contributed by atoms with Crippen LogP contribution in [0.4, 0.5) is 0 Å². The van der Waals surface area contributed by atoms with E-state index in [4.69, 9.17) is 0 Å². The smallest absolute Gasteiger partial charge is 0.0738 e. The average molecular weight is 323 g/mol. The number of benzene rings is 1. The molecule has 0 N–H and O–H groups in total. The summed E-state index contributed by atoms with van der Waals surface area (Å²) in [6.07, 6.45) is 1.16. The van der Waals surface area contributed by atoms with Crippen molar-refractivity contribution >= 4 is 27.3 Å². The van der Waals surface area contributed by atoms with Crippen LogP contribution in [0.3, 0.4) is 0 Å². The molecule has 0 aliphatic heterocycles. The molecule has 2 rings (SSSR count). The maximum Gasteiger partial charge on any atom is 0.0738 e. The lowest BCUT2D eigenvalue weighted by Gasteiger charge is -2.10. The molecule has 2 heteroatoms. The van der Waals surface area contributed by atoms with Crippen LogP contribution in [-0.4, -0.2) is 0 Å². The Labute approximate surface area is 122 Å². The SMILES string of the molecule is Cc1ccc(C(Br)c2ccc(CC(C)C)cc2)s1. The maximum absolute atomic E-state index is 3.79. The Hall–Kier alpha value is -0.600. The molecule has 0 spiro atoms. The zero-order valence-corrected chi connectivity index (χ0v) is 13.5. The normalized spacial score (nSPS) is 12.9. The lowest BCUT2D eigenvalue weighted by atomic mass is 10.0. The van der Waals surface area contributed by atoms with Crippen LogP contribution in [-0.2, 0) is 6.42 Å². The van der Waals surface area contributed by atoms with E-state index in [0.717, 1.165) is 12.3 Å². The Balaban J connectivity index is 2.14. The summed E-state index contributed by atoms with van der Waals surface area (Å²) < 4.78 is 0. The molecule has 96 valence electrons. The van der Waals surface area contributed by atoms with Gasteiger partial charge in [-0.2, -0.15) is 0 Å². The summed E-state index contributed by atoms with van der Waals surface area (Å²) in [7, 11) is 0. The molecule has 0 saturated heterocycles. The number of thiophene rings is 1. The summed E-state index contributed by atoms with van der Waals surface area (Å²) in [5.74, 6) is 0.718. The van der Waals surface area contributed by atoms with Gasteiger partial charge in [-0.05, 0) is 42.5 Å². The molecule has 0 amide bonds. The topological polar surface area (TPSA) is 0 Å². The molecule has 1 aromatic carbocycles. The van der Waals surface area contributed by atoms with Gasteiger partial charge in [-0.25, -0.2) is 0 Å².